The van der Waals surface area contributed by atoms with Gasteiger partial charge in [-0.05, 0) is 59.5 Å². The fourth-order valence-electron chi connectivity index (χ4n) is 2.17. The lowest BCUT2D eigenvalue weighted by molar-refractivity contribution is 0.153. The molecule has 0 radical (unpaired) electrons. The highest BCUT2D eigenvalue weighted by molar-refractivity contribution is 4.92. The van der Waals surface area contributed by atoms with Crippen molar-refractivity contribution in [2.24, 2.45) is 0 Å². The molecule has 2 N–H and O–H groups in total. The molecule has 1 aliphatic carbocycles. The van der Waals surface area contributed by atoms with Gasteiger partial charge in [-0.1, -0.05) is 6.92 Å². The molecule has 0 spiro atoms. The summed E-state index contributed by atoms with van der Waals surface area (Å²) in [4.78, 5) is 2.41. The van der Waals surface area contributed by atoms with E-state index in [1.165, 1.54) is 19.3 Å². The Labute approximate surface area is 107 Å². The molecular formula is C14H30N2O. The standard InChI is InChI=1S/C14H30N2O/c1-5-12(2)16(4)10-6-9-14(3,11-17)15-13-7-8-13/h12-13,15,17H,5-11H2,1-4H3. The molecule has 1 saturated carbocycles. The van der Waals surface area contributed by atoms with Gasteiger partial charge in [0.2, 0.25) is 0 Å². The number of hydrogen-bond donors (Lipinski definition) is 2. The molecule has 0 aromatic carbocycles. The molecule has 2 atom stereocenters. The van der Waals surface area contributed by atoms with Crippen LogP contribution in [0.25, 0.3) is 0 Å². The van der Waals surface area contributed by atoms with Crippen molar-refractivity contribution in [3.05, 3.63) is 0 Å². The van der Waals surface area contributed by atoms with Crippen LogP contribution in [0.15, 0.2) is 0 Å². The second-order valence-electron chi connectivity index (χ2n) is 5.98. The average Bonchev–Trinajstić information content (AvgIpc) is 3.11. The van der Waals surface area contributed by atoms with Crippen molar-refractivity contribution in [1.29, 1.82) is 0 Å². The monoisotopic (exact) mass is 242 g/mol. The third-order valence-corrected chi connectivity index (χ3v) is 4.06. The Morgan fingerprint density at radius 2 is 2.12 bits per heavy atom. The minimum Gasteiger partial charge on any atom is -0.394 e. The number of nitrogens with one attached hydrogen (secondary N) is 1. The van der Waals surface area contributed by atoms with E-state index in [1.54, 1.807) is 0 Å². The number of aliphatic hydroxyl groups is 1. The Hall–Kier alpha value is -0.120. The maximum absolute atomic E-state index is 9.51. The zero-order valence-corrected chi connectivity index (χ0v) is 12.0. The summed E-state index contributed by atoms with van der Waals surface area (Å²) in [6, 6.07) is 1.33. The molecule has 3 heteroatoms. The van der Waals surface area contributed by atoms with E-state index in [9.17, 15) is 5.11 Å². The molecule has 1 aliphatic rings. The largest absolute Gasteiger partial charge is 0.394 e. The predicted octanol–water partition coefficient (Wildman–Crippen LogP) is 2.00. The van der Waals surface area contributed by atoms with Crippen LogP contribution in [0.2, 0.25) is 0 Å². The Morgan fingerprint density at radius 3 is 2.59 bits per heavy atom. The smallest absolute Gasteiger partial charge is 0.0610 e. The lowest BCUT2D eigenvalue weighted by Gasteiger charge is -2.31. The summed E-state index contributed by atoms with van der Waals surface area (Å²) in [5.74, 6) is 0. The van der Waals surface area contributed by atoms with Crippen LogP contribution in [0.4, 0.5) is 0 Å². The van der Waals surface area contributed by atoms with Crippen LogP contribution >= 0.6 is 0 Å². The van der Waals surface area contributed by atoms with Crippen molar-refractivity contribution in [3.8, 4) is 0 Å². The van der Waals surface area contributed by atoms with E-state index in [2.05, 4.69) is 38.0 Å². The highest BCUT2D eigenvalue weighted by atomic mass is 16.3. The predicted molar refractivity (Wildman–Crippen MR) is 73.3 cm³/mol. The quantitative estimate of drug-likeness (QED) is 0.649. The van der Waals surface area contributed by atoms with E-state index >= 15 is 0 Å². The third kappa shape index (κ3) is 5.36. The van der Waals surface area contributed by atoms with Crippen LogP contribution in [-0.4, -0.2) is 47.8 Å². The van der Waals surface area contributed by atoms with E-state index in [0.29, 0.717) is 12.1 Å². The fourth-order valence-corrected chi connectivity index (χ4v) is 2.17. The lowest BCUT2D eigenvalue weighted by atomic mass is 9.96. The van der Waals surface area contributed by atoms with Crippen molar-refractivity contribution >= 4 is 0 Å². The number of hydrogen-bond acceptors (Lipinski definition) is 3. The minimum absolute atomic E-state index is 0.0720. The molecular weight excluding hydrogens is 212 g/mol. The van der Waals surface area contributed by atoms with Gasteiger partial charge in [0.25, 0.3) is 0 Å². The molecule has 0 heterocycles. The van der Waals surface area contributed by atoms with E-state index in [4.69, 9.17) is 0 Å². The van der Waals surface area contributed by atoms with Crippen LogP contribution in [0.3, 0.4) is 0 Å². The van der Waals surface area contributed by atoms with Crippen molar-refractivity contribution < 1.29 is 5.11 Å². The van der Waals surface area contributed by atoms with Crippen LogP contribution < -0.4 is 5.32 Å². The van der Waals surface area contributed by atoms with Gasteiger partial charge in [0, 0.05) is 17.6 Å². The molecule has 0 saturated heterocycles. The molecule has 0 amide bonds. The Bertz CT molecular complexity index is 218. The van der Waals surface area contributed by atoms with Gasteiger partial charge < -0.3 is 15.3 Å². The molecule has 3 nitrogen and oxygen atoms in total. The van der Waals surface area contributed by atoms with E-state index in [1.807, 2.05) is 0 Å². The van der Waals surface area contributed by atoms with Crippen LogP contribution in [0, 0.1) is 0 Å². The maximum Gasteiger partial charge on any atom is 0.0610 e. The topological polar surface area (TPSA) is 35.5 Å². The molecule has 1 fully saturated rings. The second kappa shape index (κ2) is 6.72. The molecule has 2 unspecified atom stereocenters. The van der Waals surface area contributed by atoms with Gasteiger partial charge in [-0.3, -0.25) is 0 Å². The molecule has 0 bridgehead atoms. The summed E-state index contributed by atoms with van der Waals surface area (Å²) in [6.45, 7) is 8.02. The van der Waals surface area contributed by atoms with Crippen LogP contribution in [0.5, 0.6) is 0 Å². The third-order valence-electron chi connectivity index (χ3n) is 4.06. The summed E-state index contributed by atoms with van der Waals surface area (Å²) in [5, 5.41) is 13.1. The Kier molecular flexibility index (Phi) is 5.90. The number of rotatable bonds is 9. The molecule has 0 aliphatic heterocycles. The molecule has 1 rings (SSSR count). The first-order chi connectivity index (χ1) is 8.00. The minimum atomic E-state index is -0.0720. The van der Waals surface area contributed by atoms with Gasteiger partial charge in [0.05, 0.1) is 6.61 Å². The lowest BCUT2D eigenvalue weighted by Crippen LogP contribution is -2.47. The summed E-state index contributed by atoms with van der Waals surface area (Å²) in [5.41, 5.74) is -0.0720. The number of nitrogens with zero attached hydrogens (tertiary/aromatic N) is 1. The van der Waals surface area contributed by atoms with Gasteiger partial charge >= 0.3 is 0 Å². The number of aliphatic hydroxyl groups excluding tert-OH is 1. The first-order valence-electron chi connectivity index (χ1n) is 7.09. The van der Waals surface area contributed by atoms with Crippen molar-refractivity contribution in [2.75, 3.05) is 20.2 Å². The molecule has 0 aromatic heterocycles. The summed E-state index contributed by atoms with van der Waals surface area (Å²) < 4.78 is 0. The Balaban J connectivity index is 2.22. The first kappa shape index (κ1) is 14.9. The fraction of sp³-hybridized carbons (Fsp3) is 1.00. The van der Waals surface area contributed by atoms with Gasteiger partial charge in [-0.2, -0.15) is 0 Å². The van der Waals surface area contributed by atoms with E-state index < -0.39 is 0 Å². The van der Waals surface area contributed by atoms with Gasteiger partial charge in [0.15, 0.2) is 0 Å². The second-order valence-corrected chi connectivity index (χ2v) is 5.98. The maximum atomic E-state index is 9.51. The van der Waals surface area contributed by atoms with Crippen molar-refractivity contribution in [2.45, 2.75) is 70.5 Å². The SMILES string of the molecule is CCC(C)N(C)CCCC(C)(CO)NC1CC1. The van der Waals surface area contributed by atoms with E-state index in [-0.39, 0.29) is 12.1 Å². The van der Waals surface area contributed by atoms with Crippen molar-refractivity contribution in [1.82, 2.24) is 10.2 Å². The molecule has 0 aromatic rings. The Morgan fingerprint density at radius 1 is 1.47 bits per heavy atom. The average molecular weight is 242 g/mol. The summed E-state index contributed by atoms with van der Waals surface area (Å²) >= 11 is 0. The summed E-state index contributed by atoms with van der Waals surface area (Å²) in [6.07, 6.45) is 5.97. The zero-order valence-electron chi connectivity index (χ0n) is 12.0. The van der Waals surface area contributed by atoms with Crippen LogP contribution in [0.1, 0.15) is 52.9 Å². The highest BCUT2D eigenvalue weighted by Crippen LogP contribution is 2.24. The van der Waals surface area contributed by atoms with E-state index in [0.717, 1.165) is 19.4 Å². The van der Waals surface area contributed by atoms with Gasteiger partial charge in [-0.25, -0.2) is 0 Å². The zero-order chi connectivity index (χ0) is 12.9. The first-order valence-corrected chi connectivity index (χ1v) is 7.09. The van der Waals surface area contributed by atoms with Gasteiger partial charge in [0.1, 0.15) is 0 Å². The normalized spacial score (nSPS) is 21.5. The van der Waals surface area contributed by atoms with Gasteiger partial charge in [-0.15, -0.1) is 0 Å². The van der Waals surface area contributed by atoms with Crippen molar-refractivity contribution in [3.63, 3.8) is 0 Å². The van der Waals surface area contributed by atoms with Crippen LogP contribution in [-0.2, 0) is 0 Å². The molecule has 17 heavy (non-hydrogen) atoms. The highest BCUT2D eigenvalue weighted by Gasteiger charge is 2.31. The molecule has 102 valence electrons. The summed E-state index contributed by atoms with van der Waals surface area (Å²) in [7, 11) is 2.19.